The Morgan fingerprint density at radius 1 is 1.50 bits per heavy atom. The third-order valence-electron chi connectivity index (χ3n) is 3.04. The van der Waals surface area contributed by atoms with Crippen molar-refractivity contribution in [3.8, 4) is 0 Å². The minimum atomic E-state index is -0.417. The van der Waals surface area contributed by atoms with Gasteiger partial charge in [0.1, 0.15) is 0 Å². The number of aromatic nitrogens is 1. The normalized spacial score (nSPS) is 14.7. The predicted molar refractivity (Wildman–Crippen MR) is 72.1 cm³/mol. The molecule has 0 unspecified atom stereocenters. The Labute approximate surface area is 117 Å². The van der Waals surface area contributed by atoms with Gasteiger partial charge < -0.3 is 20.2 Å². The molecule has 1 aliphatic heterocycles. The molecule has 2 heterocycles. The molecule has 0 saturated carbocycles. The third kappa shape index (κ3) is 3.24. The van der Waals surface area contributed by atoms with E-state index >= 15 is 0 Å². The van der Waals surface area contributed by atoms with Crippen LogP contribution in [-0.2, 0) is 6.54 Å². The van der Waals surface area contributed by atoms with E-state index in [4.69, 9.17) is 0 Å². The van der Waals surface area contributed by atoms with E-state index in [1.165, 1.54) is 4.90 Å². The van der Waals surface area contributed by atoms with Crippen molar-refractivity contribution < 1.29 is 14.7 Å². The molecular weight excluding hydrogens is 260 g/mol. The summed E-state index contributed by atoms with van der Waals surface area (Å²) < 4.78 is 0. The average molecular weight is 278 g/mol. The van der Waals surface area contributed by atoms with Gasteiger partial charge in [0.05, 0.1) is 18.3 Å². The number of aliphatic hydroxyl groups excluding tert-OH is 1. The number of pyridine rings is 1. The maximum absolute atomic E-state index is 12.1. The minimum absolute atomic E-state index is 0.127. The lowest BCUT2D eigenvalue weighted by molar-refractivity contribution is 0.00588. The first-order valence-electron chi connectivity index (χ1n) is 6.35. The van der Waals surface area contributed by atoms with E-state index in [1.807, 2.05) is 0 Å². The second-order valence-electron chi connectivity index (χ2n) is 4.95. The van der Waals surface area contributed by atoms with Crippen LogP contribution in [0.2, 0.25) is 0 Å². The van der Waals surface area contributed by atoms with Gasteiger partial charge in [-0.1, -0.05) is 0 Å². The standard InChI is InChI=1S/C13H18N4O3/c1-16(2)13(20)15-6-10-5-9(3-4-14-10)12(19)17-7-11(18)8-17/h3-5,11,18H,6-8H2,1-2H3,(H,15,20). The summed E-state index contributed by atoms with van der Waals surface area (Å²) >= 11 is 0. The van der Waals surface area contributed by atoms with Crippen molar-refractivity contribution in [2.45, 2.75) is 12.6 Å². The fourth-order valence-corrected chi connectivity index (χ4v) is 1.84. The molecule has 0 radical (unpaired) electrons. The predicted octanol–water partition coefficient (Wildman–Crippen LogP) is -0.331. The van der Waals surface area contributed by atoms with Crippen LogP contribution in [0.25, 0.3) is 0 Å². The summed E-state index contributed by atoms with van der Waals surface area (Å²) in [6, 6.07) is 3.07. The number of β-amino-alcohol motifs (C(OH)–C–C–N with tert-alkyl or cyclic N) is 1. The monoisotopic (exact) mass is 278 g/mol. The molecule has 20 heavy (non-hydrogen) atoms. The van der Waals surface area contributed by atoms with E-state index in [2.05, 4.69) is 10.3 Å². The quantitative estimate of drug-likeness (QED) is 0.792. The molecule has 2 N–H and O–H groups in total. The molecule has 7 nitrogen and oxygen atoms in total. The molecule has 7 heteroatoms. The average Bonchev–Trinajstić information content (AvgIpc) is 2.40. The number of likely N-dealkylation sites (tertiary alicyclic amines) is 1. The van der Waals surface area contributed by atoms with Crippen molar-refractivity contribution in [2.75, 3.05) is 27.2 Å². The Kier molecular flexibility index (Phi) is 4.19. The van der Waals surface area contributed by atoms with E-state index in [-0.39, 0.29) is 18.5 Å². The number of carbonyl (C=O) groups excluding carboxylic acids is 2. The number of rotatable bonds is 3. The molecule has 1 aromatic heterocycles. The molecular formula is C13H18N4O3. The summed E-state index contributed by atoms with van der Waals surface area (Å²) in [6.45, 7) is 1.00. The first-order chi connectivity index (χ1) is 9.47. The summed E-state index contributed by atoms with van der Waals surface area (Å²) in [5, 5.41) is 11.9. The van der Waals surface area contributed by atoms with E-state index in [0.717, 1.165) is 0 Å². The largest absolute Gasteiger partial charge is 0.389 e. The Hall–Kier alpha value is -2.15. The maximum Gasteiger partial charge on any atom is 0.317 e. The van der Waals surface area contributed by atoms with Crippen LogP contribution in [0.5, 0.6) is 0 Å². The van der Waals surface area contributed by atoms with Crippen LogP contribution in [0.15, 0.2) is 18.3 Å². The topological polar surface area (TPSA) is 85.8 Å². The van der Waals surface area contributed by atoms with E-state index < -0.39 is 6.10 Å². The molecule has 0 atom stereocenters. The molecule has 0 bridgehead atoms. The first-order valence-corrected chi connectivity index (χ1v) is 6.35. The van der Waals surface area contributed by atoms with Gasteiger partial charge in [-0.05, 0) is 12.1 Å². The van der Waals surface area contributed by atoms with Gasteiger partial charge in [0.2, 0.25) is 0 Å². The molecule has 0 spiro atoms. The number of amides is 3. The minimum Gasteiger partial charge on any atom is -0.389 e. The zero-order valence-electron chi connectivity index (χ0n) is 11.5. The maximum atomic E-state index is 12.1. The number of carbonyl (C=O) groups is 2. The number of hydrogen-bond acceptors (Lipinski definition) is 4. The van der Waals surface area contributed by atoms with E-state index in [9.17, 15) is 14.7 Å². The highest BCUT2D eigenvalue weighted by Gasteiger charge is 2.29. The molecule has 0 aliphatic carbocycles. The van der Waals surface area contributed by atoms with Crippen LogP contribution in [-0.4, -0.2) is 65.1 Å². The highest BCUT2D eigenvalue weighted by Crippen LogP contribution is 2.13. The van der Waals surface area contributed by atoms with Gasteiger partial charge in [-0.25, -0.2) is 4.79 Å². The Bertz CT molecular complexity index is 512. The first kappa shape index (κ1) is 14.3. The number of aliphatic hydroxyl groups is 1. The third-order valence-corrected chi connectivity index (χ3v) is 3.04. The molecule has 108 valence electrons. The fourth-order valence-electron chi connectivity index (χ4n) is 1.84. The van der Waals surface area contributed by atoms with Gasteiger partial charge in [0.25, 0.3) is 5.91 Å². The van der Waals surface area contributed by atoms with Crippen molar-refractivity contribution in [3.05, 3.63) is 29.6 Å². The van der Waals surface area contributed by atoms with Crippen LogP contribution < -0.4 is 5.32 Å². The van der Waals surface area contributed by atoms with Gasteiger partial charge in [-0.2, -0.15) is 0 Å². The Balaban J connectivity index is 1.97. The smallest absolute Gasteiger partial charge is 0.317 e. The number of hydrogen-bond donors (Lipinski definition) is 2. The van der Waals surface area contributed by atoms with Gasteiger partial charge in [0.15, 0.2) is 0 Å². The van der Waals surface area contributed by atoms with Crippen molar-refractivity contribution in [3.63, 3.8) is 0 Å². The van der Waals surface area contributed by atoms with Crippen LogP contribution in [0.3, 0.4) is 0 Å². The second-order valence-corrected chi connectivity index (χ2v) is 4.95. The summed E-state index contributed by atoms with van der Waals surface area (Å²) in [5.74, 6) is -0.127. The summed E-state index contributed by atoms with van der Waals surface area (Å²) in [6.07, 6.45) is 1.13. The summed E-state index contributed by atoms with van der Waals surface area (Å²) in [7, 11) is 3.30. The number of urea groups is 1. The SMILES string of the molecule is CN(C)C(=O)NCc1cc(C(=O)N2CC(O)C2)ccn1. The summed E-state index contributed by atoms with van der Waals surface area (Å²) in [5.41, 5.74) is 1.13. The van der Waals surface area contributed by atoms with E-state index in [1.54, 1.807) is 37.3 Å². The van der Waals surface area contributed by atoms with Gasteiger partial charge in [-0.3, -0.25) is 9.78 Å². The molecule has 3 amide bonds. The zero-order valence-corrected chi connectivity index (χ0v) is 11.5. The molecule has 1 fully saturated rings. The van der Waals surface area contributed by atoms with Crippen molar-refractivity contribution in [2.24, 2.45) is 0 Å². The highest BCUT2D eigenvalue weighted by molar-refractivity contribution is 5.94. The van der Waals surface area contributed by atoms with Gasteiger partial charge >= 0.3 is 6.03 Å². The second kappa shape index (κ2) is 5.87. The lowest BCUT2D eigenvalue weighted by atomic mass is 10.1. The molecule has 1 saturated heterocycles. The van der Waals surface area contributed by atoms with Crippen molar-refractivity contribution in [1.29, 1.82) is 0 Å². The molecule has 2 rings (SSSR count). The van der Waals surface area contributed by atoms with Gasteiger partial charge in [-0.15, -0.1) is 0 Å². The lowest BCUT2D eigenvalue weighted by Gasteiger charge is -2.35. The number of nitrogens with one attached hydrogen (secondary N) is 1. The number of nitrogens with zero attached hydrogens (tertiary/aromatic N) is 3. The summed E-state index contributed by atoms with van der Waals surface area (Å²) in [4.78, 5) is 30.6. The van der Waals surface area contributed by atoms with Crippen LogP contribution in [0, 0.1) is 0 Å². The molecule has 1 aliphatic rings. The molecule has 0 aromatic carbocycles. The Morgan fingerprint density at radius 2 is 2.20 bits per heavy atom. The highest BCUT2D eigenvalue weighted by atomic mass is 16.3. The van der Waals surface area contributed by atoms with Crippen LogP contribution in [0.4, 0.5) is 4.79 Å². The molecule has 1 aromatic rings. The zero-order chi connectivity index (χ0) is 14.7. The van der Waals surface area contributed by atoms with Gasteiger partial charge in [0, 0.05) is 38.9 Å². The lowest BCUT2D eigenvalue weighted by Crippen LogP contribution is -2.53. The Morgan fingerprint density at radius 3 is 2.80 bits per heavy atom. The van der Waals surface area contributed by atoms with Crippen LogP contribution in [0.1, 0.15) is 16.1 Å². The van der Waals surface area contributed by atoms with Crippen LogP contribution >= 0.6 is 0 Å². The van der Waals surface area contributed by atoms with Crippen molar-refractivity contribution in [1.82, 2.24) is 20.1 Å². The van der Waals surface area contributed by atoms with Crippen molar-refractivity contribution >= 4 is 11.9 Å². The fraction of sp³-hybridized carbons (Fsp3) is 0.462. The van der Waals surface area contributed by atoms with E-state index in [0.29, 0.717) is 24.3 Å².